The summed E-state index contributed by atoms with van der Waals surface area (Å²) in [5.74, 6) is 0.916. The van der Waals surface area contributed by atoms with E-state index in [0.717, 1.165) is 67.0 Å². The molecule has 2 aliphatic heterocycles. The Hall–Kier alpha value is -4.09. The van der Waals surface area contributed by atoms with Crippen LogP contribution in [0.3, 0.4) is 0 Å². The lowest BCUT2D eigenvalue weighted by Crippen LogP contribution is -2.27. The van der Waals surface area contributed by atoms with Crippen LogP contribution in [0, 0.1) is 0 Å². The topological polar surface area (TPSA) is 125 Å². The van der Waals surface area contributed by atoms with Gasteiger partial charge in [-0.15, -0.1) is 11.3 Å². The molecule has 2 aliphatic rings. The van der Waals surface area contributed by atoms with Gasteiger partial charge in [-0.2, -0.15) is 4.98 Å². The molecule has 0 aliphatic carbocycles. The van der Waals surface area contributed by atoms with Gasteiger partial charge in [0.1, 0.15) is 5.02 Å². The third kappa shape index (κ3) is 6.87. The van der Waals surface area contributed by atoms with E-state index < -0.39 is 0 Å². The maximum atomic E-state index is 11.6. The molecule has 39 heavy (non-hydrogen) atoms. The predicted octanol–water partition coefficient (Wildman–Crippen LogP) is 5.45. The number of likely N-dealkylation sites (tertiary alicyclic amines) is 1. The van der Waals surface area contributed by atoms with Crippen molar-refractivity contribution in [3.63, 3.8) is 0 Å². The van der Waals surface area contributed by atoms with Crippen LogP contribution in [0.15, 0.2) is 54.4 Å². The van der Waals surface area contributed by atoms with Gasteiger partial charge in [-0.3, -0.25) is 14.6 Å². The van der Waals surface area contributed by atoms with E-state index in [1.54, 1.807) is 18.6 Å². The molecule has 4 aromatic rings. The second-order valence-electron chi connectivity index (χ2n) is 9.11. The number of aryl methyl sites for hydroxylation is 2. The number of fused-ring (bicyclic) bond motifs is 6. The zero-order valence-corrected chi connectivity index (χ0v) is 22.8. The number of thiazole rings is 1. The molecule has 0 unspecified atom stereocenters. The predicted molar refractivity (Wildman–Crippen MR) is 153 cm³/mol. The third-order valence-electron chi connectivity index (χ3n) is 6.17. The monoisotopic (exact) mass is 562 g/mol. The number of halogens is 1. The van der Waals surface area contributed by atoms with Gasteiger partial charge in [0, 0.05) is 49.2 Å². The number of hydrogen-bond donors (Lipinski definition) is 3. The third-order valence-corrected chi connectivity index (χ3v) is 7.20. The number of hydrogen-bond acceptors (Lipinski definition) is 9. The van der Waals surface area contributed by atoms with Gasteiger partial charge < -0.3 is 20.9 Å². The fraction of sp³-hybridized carbons (Fsp3) is 0.259. The average molecular weight is 563 g/mol. The van der Waals surface area contributed by atoms with E-state index in [4.69, 9.17) is 11.6 Å². The van der Waals surface area contributed by atoms with Gasteiger partial charge in [0.05, 0.1) is 18.1 Å². The lowest BCUT2D eigenvalue weighted by Gasteiger charge is -2.14. The Kier molecular flexibility index (Phi) is 8.28. The standard InChI is InChI=1S/C19H17ClN6O.C8H10N2OS/c1-11(27)23-17-5-4-14-7-13(17)3-2-12-6-15(9-21-8-12)25-19-22-10-16(20)18(24-14)26-19;11-8(7-9-3-6-12-7)10-4-1-2-5-10/h4-10H,2-3H2,1H3,(H,23,27)(H2,22,24,25,26);3,6H,1-2,4-5H2. The Morgan fingerprint density at radius 3 is 2.64 bits per heavy atom. The van der Waals surface area contributed by atoms with Gasteiger partial charge in [0.2, 0.25) is 11.9 Å². The van der Waals surface area contributed by atoms with Gasteiger partial charge in [0.25, 0.3) is 5.91 Å². The summed E-state index contributed by atoms with van der Waals surface area (Å²) in [7, 11) is 0. The smallest absolute Gasteiger partial charge is 0.282 e. The molecule has 1 aromatic carbocycles. The summed E-state index contributed by atoms with van der Waals surface area (Å²) in [5, 5.41) is 12.1. The number of rotatable bonds is 2. The quantitative estimate of drug-likeness (QED) is 0.294. The number of aromatic nitrogens is 4. The molecular weight excluding hydrogens is 536 g/mol. The fourth-order valence-electron chi connectivity index (χ4n) is 4.33. The van der Waals surface area contributed by atoms with Crippen LogP contribution < -0.4 is 16.0 Å². The van der Waals surface area contributed by atoms with E-state index >= 15 is 0 Å². The summed E-state index contributed by atoms with van der Waals surface area (Å²) in [6, 6.07) is 7.76. The summed E-state index contributed by atoms with van der Waals surface area (Å²) < 4.78 is 0. The average Bonchev–Trinajstić information content (AvgIpc) is 3.65. The van der Waals surface area contributed by atoms with Crippen LogP contribution in [0.25, 0.3) is 0 Å². The molecule has 0 spiro atoms. The van der Waals surface area contributed by atoms with Crippen LogP contribution >= 0.6 is 22.9 Å². The number of benzene rings is 1. The van der Waals surface area contributed by atoms with E-state index in [2.05, 4.69) is 35.9 Å². The Balaban J connectivity index is 0.000000214. The summed E-state index contributed by atoms with van der Waals surface area (Å²) in [4.78, 5) is 41.9. The van der Waals surface area contributed by atoms with E-state index in [1.807, 2.05) is 40.7 Å². The first-order chi connectivity index (χ1) is 18.9. The molecule has 5 heterocycles. The van der Waals surface area contributed by atoms with Crippen LogP contribution in [0.2, 0.25) is 5.02 Å². The lowest BCUT2D eigenvalue weighted by atomic mass is 10.0. The summed E-state index contributed by atoms with van der Waals surface area (Å²) >= 11 is 7.66. The first-order valence-corrected chi connectivity index (χ1v) is 13.8. The molecule has 6 bridgehead atoms. The first kappa shape index (κ1) is 26.5. The van der Waals surface area contributed by atoms with E-state index in [0.29, 0.717) is 21.8 Å². The largest absolute Gasteiger partial charge is 0.339 e. The molecule has 10 nitrogen and oxygen atoms in total. The number of anilines is 5. The van der Waals surface area contributed by atoms with Gasteiger partial charge in [-0.25, -0.2) is 9.97 Å². The van der Waals surface area contributed by atoms with Crippen molar-refractivity contribution < 1.29 is 9.59 Å². The number of nitrogens with one attached hydrogen (secondary N) is 3. The maximum Gasteiger partial charge on any atom is 0.282 e. The SMILES string of the molecule is CC(=O)Nc1ccc2cc1CCc1cncc(c1)Nc1ncc(Cl)c(n1)N2.O=C(c1nccs1)N1CCCC1. The lowest BCUT2D eigenvalue weighted by molar-refractivity contribution is -0.114. The molecule has 0 radical (unpaired) electrons. The Morgan fingerprint density at radius 1 is 1.03 bits per heavy atom. The van der Waals surface area contributed by atoms with Crippen molar-refractivity contribution in [1.29, 1.82) is 0 Å². The second kappa shape index (κ2) is 12.2. The van der Waals surface area contributed by atoms with Crippen molar-refractivity contribution in [2.24, 2.45) is 0 Å². The number of carbonyl (C=O) groups excluding carboxylic acids is 2. The van der Waals surface area contributed by atoms with Crippen molar-refractivity contribution in [3.8, 4) is 0 Å². The first-order valence-electron chi connectivity index (χ1n) is 12.5. The molecular formula is C27H27ClN8O2S. The number of nitrogens with zero attached hydrogens (tertiary/aromatic N) is 5. The molecule has 3 aromatic heterocycles. The van der Waals surface area contributed by atoms with Crippen LogP contribution in [-0.2, 0) is 17.6 Å². The summed E-state index contributed by atoms with van der Waals surface area (Å²) in [6.45, 7) is 3.30. The number of amides is 2. The highest BCUT2D eigenvalue weighted by atomic mass is 35.5. The molecule has 0 atom stereocenters. The minimum atomic E-state index is -0.105. The molecule has 1 fully saturated rings. The number of carbonyl (C=O) groups is 2. The minimum Gasteiger partial charge on any atom is -0.339 e. The van der Waals surface area contributed by atoms with Crippen molar-refractivity contribution in [2.75, 3.05) is 29.0 Å². The number of pyridine rings is 1. The van der Waals surface area contributed by atoms with Crippen molar-refractivity contribution in [2.45, 2.75) is 32.6 Å². The summed E-state index contributed by atoms with van der Waals surface area (Å²) in [5.41, 5.74) is 4.50. The molecule has 1 saturated heterocycles. The second-order valence-corrected chi connectivity index (χ2v) is 10.4. The van der Waals surface area contributed by atoms with Gasteiger partial charge in [-0.05, 0) is 61.1 Å². The Morgan fingerprint density at radius 2 is 1.87 bits per heavy atom. The molecule has 6 rings (SSSR count). The van der Waals surface area contributed by atoms with Crippen molar-refractivity contribution >= 4 is 63.6 Å². The van der Waals surface area contributed by atoms with Crippen LogP contribution in [0.4, 0.5) is 28.8 Å². The van der Waals surface area contributed by atoms with Crippen LogP contribution in [-0.4, -0.2) is 49.7 Å². The normalized spacial score (nSPS) is 13.8. The Bertz CT molecular complexity index is 1470. The molecule has 3 N–H and O–H groups in total. The highest BCUT2D eigenvalue weighted by molar-refractivity contribution is 7.11. The van der Waals surface area contributed by atoms with Crippen LogP contribution in [0.5, 0.6) is 0 Å². The minimum absolute atomic E-state index is 0.0995. The Labute approximate surface area is 234 Å². The van der Waals surface area contributed by atoms with Crippen molar-refractivity contribution in [1.82, 2.24) is 24.8 Å². The van der Waals surface area contributed by atoms with E-state index in [1.165, 1.54) is 18.3 Å². The highest BCUT2D eigenvalue weighted by Crippen LogP contribution is 2.29. The van der Waals surface area contributed by atoms with Crippen molar-refractivity contribution in [3.05, 3.63) is 75.6 Å². The highest BCUT2D eigenvalue weighted by Gasteiger charge is 2.20. The van der Waals surface area contributed by atoms with Gasteiger partial charge >= 0.3 is 0 Å². The van der Waals surface area contributed by atoms with E-state index in [-0.39, 0.29) is 11.8 Å². The fourth-order valence-corrected chi connectivity index (χ4v) is 5.07. The van der Waals surface area contributed by atoms with Gasteiger partial charge in [-0.1, -0.05) is 11.6 Å². The zero-order chi connectivity index (χ0) is 27.2. The molecule has 12 heteroatoms. The van der Waals surface area contributed by atoms with E-state index in [9.17, 15) is 9.59 Å². The summed E-state index contributed by atoms with van der Waals surface area (Å²) in [6.07, 6.45) is 10.6. The van der Waals surface area contributed by atoms with Gasteiger partial charge in [0.15, 0.2) is 10.8 Å². The van der Waals surface area contributed by atoms with Crippen LogP contribution in [0.1, 0.15) is 40.7 Å². The molecule has 0 saturated carbocycles. The molecule has 200 valence electrons. The maximum absolute atomic E-state index is 11.6. The molecule has 2 amide bonds. The zero-order valence-electron chi connectivity index (χ0n) is 21.3.